The van der Waals surface area contributed by atoms with Gasteiger partial charge in [0.05, 0.1) is 12.2 Å². The maximum absolute atomic E-state index is 11.9. The standard InChI is InChI=1S/C22H25BrN2O5/c1-14(2)17-9-8-16(10-15(17)3)29-13-22(28)30-12-21(27)24-11-20(26)25-19-7-5-4-6-18(19)23/h4-10,14H,11-13H2,1-3H3,(H,24,27)(H,25,26). The number of hydrogen-bond donors (Lipinski definition) is 2. The second kappa shape index (κ2) is 11.3. The van der Waals surface area contributed by atoms with Crippen LogP contribution in [0.2, 0.25) is 0 Å². The van der Waals surface area contributed by atoms with Crippen molar-refractivity contribution in [3.8, 4) is 5.75 Å². The van der Waals surface area contributed by atoms with Crippen molar-refractivity contribution in [1.82, 2.24) is 5.32 Å². The fourth-order valence-electron chi connectivity index (χ4n) is 2.70. The van der Waals surface area contributed by atoms with Crippen molar-refractivity contribution < 1.29 is 23.9 Å². The summed E-state index contributed by atoms with van der Waals surface area (Å²) in [4.78, 5) is 35.4. The Morgan fingerprint density at radius 3 is 2.43 bits per heavy atom. The average Bonchev–Trinajstić information content (AvgIpc) is 2.70. The zero-order valence-electron chi connectivity index (χ0n) is 17.2. The Labute approximate surface area is 184 Å². The minimum absolute atomic E-state index is 0.240. The van der Waals surface area contributed by atoms with E-state index in [0.717, 1.165) is 10.0 Å². The first kappa shape index (κ1) is 23.4. The molecule has 0 fully saturated rings. The minimum atomic E-state index is -0.673. The predicted octanol–water partition coefficient (Wildman–Crippen LogP) is 3.56. The molecule has 0 aliphatic heterocycles. The van der Waals surface area contributed by atoms with Crippen LogP contribution in [-0.4, -0.2) is 37.5 Å². The monoisotopic (exact) mass is 476 g/mol. The maximum atomic E-state index is 11.9. The molecule has 0 saturated heterocycles. The first-order chi connectivity index (χ1) is 14.3. The Morgan fingerprint density at radius 2 is 1.77 bits per heavy atom. The number of carbonyl (C=O) groups excluding carboxylic acids is 3. The van der Waals surface area contributed by atoms with Crippen molar-refractivity contribution in [2.45, 2.75) is 26.7 Å². The van der Waals surface area contributed by atoms with E-state index in [4.69, 9.17) is 9.47 Å². The van der Waals surface area contributed by atoms with Crippen LogP contribution < -0.4 is 15.4 Å². The molecule has 160 valence electrons. The van der Waals surface area contributed by atoms with E-state index in [0.29, 0.717) is 17.4 Å². The number of benzene rings is 2. The fourth-order valence-corrected chi connectivity index (χ4v) is 3.09. The topological polar surface area (TPSA) is 93.7 Å². The van der Waals surface area contributed by atoms with Crippen LogP contribution in [0.15, 0.2) is 46.9 Å². The lowest BCUT2D eigenvalue weighted by Gasteiger charge is -2.12. The summed E-state index contributed by atoms with van der Waals surface area (Å²) in [5, 5.41) is 5.05. The Kier molecular flexibility index (Phi) is 8.86. The lowest BCUT2D eigenvalue weighted by Crippen LogP contribution is -2.36. The highest BCUT2D eigenvalue weighted by atomic mass is 79.9. The van der Waals surface area contributed by atoms with Gasteiger partial charge < -0.3 is 20.1 Å². The molecule has 7 nitrogen and oxygen atoms in total. The minimum Gasteiger partial charge on any atom is -0.482 e. The molecule has 0 saturated carbocycles. The smallest absolute Gasteiger partial charge is 0.344 e. The molecule has 2 rings (SSSR count). The Morgan fingerprint density at radius 1 is 1.03 bits per heavy atom. The highest BCUT2D eigenvalue weighted by Crippen LogP contribution is 2.23. The molecule has 0 aromatic heterocycles. The summed E-state index contributed by atoms with van der Waals surface area (Å²) in [5.41, 5.74) is 2.89. The van der Waals surface area contributed by atoms with Gasteiger partial charge in [-0.2, -0.15) is 0 Å². The molecule has 0 aliphatic carbocycles. The number of nitrogens with one attached hydrogen (secondary N) is 2. The van der Waals surface area contributed by atoms with Crippen LogP contribution in [0, 0.1) is 6.92 Å². The van der Waals surface area contributed by atoms with Gasteiger partial charge >= 0.3 is 5.97 Å². The molecular weight excluding hydrogens is 452 g/mol. The Bertz CT molecular complexity index is 914. The third-order valence-corrected chi connectivity index (χ3v) is 4.87. The van der Waals surface area contributed by atoms with Crippen molar-refractivity contribution in [2.24, 2.45) is 0 Å². The molecule has 2 amide bonds. The molecule has 30 heavy (non-hydrogen) atoms. The van der Waals surface area contributed by atoms with Crippen LogP contribution >= 0.6 is 15.9 Å². The number of amides is 2. The zero-order valence-corrected chi connectivity index (χ0v) is 18.7. The number of halogens is 1. The molecule has 0 aliphatic rings. The van der Waals surface area contributed by atoms with Gasteiger partial charge in [-0.05, 0) is 64.2 Å². The number of rotatable bonds is 9. The van der Waals surface area contributed by atoms with Crippen molar-refractivity contribution in [2.75, 3.05) is 25.1 Å². The van der Waals surface area contributed by atoms with Gasteiger partial charge in [0.15, 0.2) is 13.2 Å². The van der Waals surface area contributed by atoms with Gasteiger partial charge in [0.25, 0.3) is 5.91 Å². The summed E-state index contributed by atoms with van der Waals surface area (Å²) in [6, 6.07) is 12.7. The van der Waals surface area contributed by atoms with Gasteiger partial charge in [-0.1, -0.05) is 32.0 Å². The van der Waals surface area contributed by atoms with E-state index < -0.39 is 24.4 Å². The number of hydrogen-bond acceptors (Lipinski definition) is 5. The van der Waals surface area contributed by atoms with Gasteiger partial charge in [-0.3, -0.25) is 9.59 Å². The molecular formula is C22H25BrN2O5. The Hall–Kier alpha value is -2.87. The van der Waals surface area contributed by atoms with Crippen LogP contribution in [0.25, 0.3) is 0 Å². The van der Waals surface area contributed by atoms with E-state index >= 15 is 0 Å². The summed E-state index contributed by atoms with van der Waals surface area (Å²) in [7, 11) is 0. The van der Waals surface area contributed by atoms with Crippen LogP contribution in [0.5, 0.6) is 5.75 Å². The van der Waals surface area contributed by atoms with E-state index in [2.05, 4.69) is 40.4 Å². The van der Waals surface area contributed by atoms with Crippen LogP contribution in [0.3, 0.4) is 0 Å². The molecule has 0 atom stereocenters. The van der Waals surface area contributed by atoms with Gasteiger partial charge in [0, 0.05) is 4.47 Å². The molecule has 0 spiro atoms. The SMILES string of the molecule is Cc1cc(OCC(=O)OCC(=O)NCC(=O)Nc2ccccc2Br)ccc1C(C)C. The predicted molar refractivity (Wildman–Crippen MR) is 118 cm³/mol. The quantitative estimate of drug-likeness (QED) is 0.539. The summed E-state index contributed by atoms with van der Waals surface area (Å²) < 4.78 is 11.0. The largest absolute Gasteiger partial charge is 0.482 e. The number of para-hydroxylation sites is 1. The van der Waals surface area contributed by atoms with Crippen molar-refractivity contribution in [3.05, 3.63) is 58.1 Å². The van der Waals surface area contributed by atoms with E-state index in [9.17, 15) is 14.4 Å². The first-order valence-electron chi connectivity index (χ1n) is 9.46. The lowest BCUT2D eigenvalue weighted by molar-refractivity contribution is -0.150. The molecule has 2 aromatic carbocycles. The number of aryl methyl sites for hydroxylation is 1. The van der Waals surface area contributed by atoms with Crippen molar-refractivity contribution >= 4 is 39.4 Å². The molecule has 0 radical (unpaired) electrons. The number of esters is 1. The molecule has 0 unspecified atom stereocenters. The van der Waals surface area contributed by atoms with Crippen LogP contribution in [0.1, 0.15) is 30.9 Å². The second-order valence-electron chi connectivity index (χ2n) is 6.93. The van der Waals surface area contributed by atoms with E-state index in [1.54, 1.807) is 24.3 Å². The molecule has 0 heterocycles. The summed E-state index contributed by atoms with van der Waals surface area (Å²) in [6.07, 6.45) is 0. The highest BCUT2D eigenvalue weighted by Gasteiger charge is 2.11. The van der Waals surface area contributed by atoms with Crippen LogP contribution in [-0.2, 0) is 19.1 Å². The van der Waals surface area contributed by atoms with Gasteiger partial charge in [-0.25, -0.2) is 4.79 Å². The number of ether oxygens (including phenoxy) is 2. The maximum Gasteiger partial charge on any atom is 0.344 e. The zero-order chi connectivity index (χ0) is 22.1. The van der Waals surface area contributed by atoms with Crippen molar-refractivity contribution in [1.29, 1.82) is 0 Å². The molecule has 0 bridgehead atoms. The van der Waals surface area contributed by atoms with Gasteiger partial charge in [0.2, 0.25) is 5.91 Å². The third kappa shape index (κ3) is 7.51. The van der Waals surface area contributed by atoms with E-state index in [-0.39, 0.29) is 13.2 Å². The second-order valence-corrected chi connectivity index (χ2v) is 7.78. The third-order valence-electron chi connectivity index (χ3n) is 4.18. The van der Waals surface area contributed by atoms with Crippen LogP contribution in [0.4, 0.5) is 5.69 Å². The molecule has 2 aromatic rings. The van der Waals surface area contributed by atoms with E-state index in [1.165, 1.54) is 5.56 Å². The number of carbonyl (C=O) groups is 3. The summed E-state index contributed by atoms with van der Waals surface area (Å²) in [6.45, 7) is 5.16. The lowest BCUT2D eigenvalue weighted by atomic mass is 9.98. The van der Waals surface area contributed by atoms with E-state index in [1.807, 2.05) is 25.1 Å². The summed E-state index contributed by atoms with van der Waals surface area (Å²) in [5.74, 6) is -0.692. The summed E-state index contributed by atoms with van der Waals surface area (Å²) >= 11 is 3.32. The number of anilines is 1. The fraction of sp³-hybridized carbons (Fsp3) is 0.318. The van der Waals surface area contributed by atoms with Gasteiger partial charge in [0.1, 0.15) is 5.75 Å². The average molecular weight is 477 g/mol. The first-order valence-corrected chi connectivity index (χ1v) is 10.3. The highest BCUT2D eigenvalue weighted by molar-refractivity contribution is 9.10. The molecule has 8 heteroatoms. The normalized spacial score (nSPS) is 10.4. The van der Waals surface area contributed by atoms with Crippen molar-refractivity contribution in [3.63, 3.8) is 0 Å². The Balaban J connectivity index is 1.68. The van der Waals surface area contributed by atoms with Gasteiger partial charge in [-0.15, -0.1) is 0 Å². The molecule has 2 N–H and O–H groups in total.